The summed E-state index contributed by atoms with van der Waals surface area (Å²) < 4.78 is 0.944. The van der Waals surface area contributed by atoms with E-state index >= 15 is 0 Å². The Bertz CT molecular complexity index is 77.3. The maximum absolute atomic E-state index is 4.14. The SMILES string of the molecule is [CH2-][N+](CC)(CC)C(C)C.[W]. The Kier molecular flexibility index (Phi) is 7.05. The van der Waals surface area contributed by atoms with Crippen LogP contribution >= 0.6 is 0 Å². The molecule has 0 N–H and O–H groups in total. The molecule has 0 aliphatic carbocycles. The third kappa shape index (κ3) is 3.16. The number of hydrogen-bond acceptors (Lipinski definition) is 0. The van der Waals surface area contributed by atoms with E-state index in [2.05, 4.69) is 34.7 Å². The molecule has 0 aromatic rings. The molecule has 0 aliphatic heterocycles. The van der Waals surface area contributed by atoms with Crippen molar-refractivity contribution in [2.45, 2.75) is 33.7 Å². The van der Waals surface area contributed by atoms with Crippen LogP contribution in [0.2, 0.25) is 0 Å². The van der Waals surface area contributed by atoms with Crippen molar-refractivity contribution in [1.29, 1.82) is 0 Å². The van der Waals surface area contributed by atoms with Gasteiger partial charge in [-0.25, -0.2) is 0 Å². The second-order valence-electron chi connectivity index (χ2n) is 2.94. The van der Waals surface area contributed by atoms with Gasteiger partial charge in [0, 0.05) is 21.1 Å². The smallest absolute Gasteiger partial charge is 0.0592 e. The fourth-order valence-corrected chi connectivity index (χ4v) is 0.954. The zero-order chi connectivity index (χ0) is 7.49. The Morgan fingerprint density at radius 2 is 1.50 bits per heavy atom. The molecule has 0 saturated heterocycles. The van der Waals surface area contributed by atoms with Gasteiger partial charge in [-0.3, -0.25) is 0 Å². The number of hydrogen-bond donors (Lipinski definition) is 0. The predicted octanol–water partition coefficient (Wildman–Crippen LogP) is 2.04. The molecular formula is C8H19NW. The minimum atomic E-state index is 0. The normalized spacial score (nSPS) is 11.4. The van der Waals surface area contributed by atoms with E-state index in [0.29, 0.717) is 6.04 Å². The van der Waals surface area contributed by atoms with E-state index in [9.17, 15) is 0 Å². The summed E-state index contributed by atoms with van der Waals surface area (Å²) in [7, 11) is 4.14. The number of rotatable bonds is 3. The minimum absolute atomic E-state index is 0. The van der Waals surface area contributed by atoms with Crippen molar-refractivity contribution >= 4 is 0 Å². The predicted molar refractivity (Wildman–Crippen MR) is 41.8 cm³/mol. The topological polar surface area (TPSA) is 0 Å². The molecule has 0 unspecified atom stereocenters. The van der Waals surface area contributed by atoms with Crippen LogP contribution in [0, 0.1) is 7.05 Å². The zero-order valence-corrected chi connectivity index (χ0v) is 10.5. The molecule has 0 aliphatic rings. The Balaban J connectivity index is 0. The molecule has 0 heterocycles. The molecule has 0 aromatic carbocycles. The fraction of sp³-hybridized carbons (Fsp3) is 0.875. The monoisotopic (exact) mass is 313 g/mol. The van der Waals surface area contributed by atoms with Gasteiger partial charge in [-0.1, -0.05) is 0 Å². The second kappa shape index (κ2) is 5.32. The first-order valence-electron chi connectivity index (χ1n) is 3.78. The van der Waals surface area contributed by atoms with Crippen LogP contribution in [0.5, 0.6) is 0 Å². The van der Waals surface area contributed by atoms with Crippen LogP contribution in [0.3, 0.4) is 0 Å². The van der Waals surface area contributed by atoms with Crippen molar-refractivity contribution in [2.75, 3.05) is 13.1 Å². The van der Waals surface area contributed by atoms with Crippen molar-refractivity contribution in [3.63, 3.8) is 0 Å². The average Bonchev–Trinajstić information content (AvgIpc) is 1.86. The van der Waals surface area contributed by atoms with Gasteiger partial charge in [-0.15, -0.1) is 7.05 Å². The Morgan fingerprint density at radius 3 is 1.50 bits per heavy atom. The van der Waals surface area contributed by atoms with Crippen LogP contribution in [0.4, 0.5) is 0 Å². The number of nitrogens with zero attached hydrogens (tertiary/aromatic N) is 1. The van der Waals surface area contributed by atoms with Crippen LogP contribution in [-0.4, -0.2) is 23.6 Å². The summed E-state index contributed by atoms with van der Waals surface area (Å²) in [6.45, 7) is 11.1. The molecule has 0 atom stereocenters. The van der Waals surface area contributed by atoms with Crippen LogP contribution in [-0.2, 0) is 21.1 Å². The van der Waals surface area contributed by atoms with Gasteiger partial charge in [0.25, 0.3) is 0 Å². The third-order valence-corrected chi connectivity index (χ3v) is 2.36. The standard InChI is InChI=1S/C8H19N.W/c1-6-9(5,7-2)8(3)4;/h8H,5-7H2,1-4H3;. The van der Waals surface area contributed by atoms with Gasteiger partial charge < -0.3 is 4.48 Å². The van der Waals surface area contributed by atoms with E-state index in [1.165, 1.54) is 0 Å². The van der Waals surface area contributed by atoms with Gasteiger partial charge in [-0.2, -0.15) is 0 Å². The molecule has 0 spiro atoms. The maximum Gasteiger partial charge on any atom is 0.0592 e. The second-order valence-corrected chi connectivity index (χ2v) is 2.94. The van der Waals surface area contributed by atoms with Crippen molar-refractivity contribution in [3.05, 3.63) is 7.05 Å². The molecule has 0 radical (unpaired) electrons. The quantitative estimate of drug-likeness (QED) is 0.553. The molecule has 62 valence electrons. The molecule has 0 saturated carbocycles. The average molecular weight is 313 g/mol. The van der Waals surface area contributed by atoms with E-state index in [1.807, 2.05) is 0 Å². The summed E-state index contributed by atoms with van der Waals surface area (Å²) in [4.78, 5) is 0. The largest absolute Gasteiger partial charge is 0.455 e. The molecule has 0 fully saturated rings. The molecule has 0 bridgehead atoms. The van der Waals surface area contributed by atoms with Gasteiger partial charge in [-0.05, 0) is 27.7 Å². The zero-order valence-electron chi connectivity index (χ0n) is 7.55. The van der Waals surface area contributed by atoms with Crippen LogP contribution in [0.15, 0.2) is 0 Å². The van der Waals surface area contributed by atoms with Crippen LogP contribution in [0.1, 0.15) is 27.7 Å². The first-order valence-corrected chi connectivity index (χ1v) is 3.78. The van der Waals surface area contributed by atoms with Crippen molar-refractivity contribution < 1.29 is 25.5 Å². The van der Waals surface area contributed by atoms with E-state index in [0.717, 1.165) is 17.6 Å². The first kappa shape index (κ1) is 13.3. The van der Waals surface area contributed by atoms with Crippen molar-refractivity contribution in [3.8, 4) is 0 Å². The summed E-state index contributed by atoms with van der Waals surface area (Å²) in [5.74, 6) is 0. The van der Waals surface area contributed by atoms with Gasteiger partial charge in [0.05, 0.1) is 19.1 Å². The molecule has 2 heteroatoms. The van der Waals surface area contributed by atoms with E-state index < -0.39 is 0 Å². The number of quaternary nitrogens is 1. The summed E-state index contributed by atoms with van der Waals surface area (Å²) in [6.07, 6.45) is 0. The molecule has 10 heavy (non-hydrogen) atoms. The van der Waals surface area contributed by atoms with Gasteiger partial charge >= 0.3 is 0 Å². The molecular weight excluding hydrogens is 294 g/mol. The van der Waals surface area contributed by atoms with E-state index in [4.69, 9.17) is 0 Å². The summed E-state index contributed by atoms with van der Waals surface area (Å²) >= 11 is 0. The van der Waals surface area contributed by atoms with Crippen LogP contribution < -0.4 is 0 Å². The minimum Gasteiger partial charge on any atom is -0.455 e. The van der Waals surface area contributed by atoms with Gasteiger partial charge in [0.2, 0.25) is 0 Å². The molecule has 0 rings (SSSR count). The molecule has 0 aromatic heterocycles. The Labute approximate surface area is 79.7 Å². The molecule has 0 amide bonds. The molecule has 1 nitrogen and oxygen atoms in total. The summed E-state index contributed by atoms with van der Waals surface area (Å²) in [5, 5.41) is 0. The third-order valence-electron chi connectivity index (χ3n) is 2.36. The van der Waals surface area contributed by atoms with Crippen LogP contribution in [0.25, 0.3) is 0 Å². The Hall–Kier alpha value is 0.648. The van der Waals surface area contributed by atoms with E-state index in [1.54, 1.807) is 0 Å². The Morgan fingerprint density at radius 1 is 1.20 bits per heavy atom. The first-order chi connectivity index (χ1) is 4.06. The van der Waals surface area contributed by atoms with Crippen molar-refractivity contribution in [1.82, 2.24) is 0 Å². The van der Waals surface area contributed by atoms with E-state index in [-0.39, 0.29) is 21.1 Å². The fourth-order valence-electron chi connectivity index (χ4n) is 0.954. The van der Waals surface area contributed by atoms with Crippen molar-refractivity contribution in [2.24, 2.45) is 0 Å². The van der Waals surface area contributed by atoms with Gasteiger partial charge in [0.15, 0.2) is 0 Å². The summed E-state index contributed by atoms with van der Waals surface area (Å²) in [5.41, 5.74) is 0. The summed E-state index contributed by atoms with van der Waals surface area (Å²) in [6, 6.07) is 0.653. The van der Waals surface area contributed by atoms with Gasteiger partial charge in [0.1, 0.15) is 0 Å². The maximum atomic E-state index is 4.14.